The number of hydrogen-bond donors (Lipinski definition) is 1. The zero-order chi connectivity index (χ0) is 20.3. The standard InChI is InChI=1S/C18H24ClN5O3S/c1-14(25)21-17-5-4-15(12-16(17)19)28(26,27)24-8-3-7-23(10-11-24)13-18-20-6-9-22(18)2/h4-6,9,12H,3,7-8,10-11,13H2,1-2H3,(H,21,25). The number of nitrogens with zero attached hydrogens (tertiary/aromatic N) is 4. The van der Waals surface area contributed by atoms with Gasteiger partial charge in [-0.15, -0.1) is 0 Å². The Morgan fingerprint density at radius 3 is 2.68 bits per heavy atom. The molecule has 0 unspecified atom stereocenters. The van der Waals surface area contributed by atoms with Crippen LogP contribution in [0.15, 0.2) is 35.5 Å². The fourth-order valence-corrected chi connectivity index (χ4v) is 4.98. The molecule has 1 amide bonds. The second kappa shape index (κ2) is 8.60. The maximum absolute atomic E-state index is 13.0. The smallest absolute Gasteiger partial charge is 0.243 e. The first-order valence-electron chi connectivity index (χ1n) is 9.03. The summed E-state index contributed by atoms with van der Waals surface area (Å²) in [6, 6.07) is 4.38. The molecule has 8 nitrogen and oxygen atoms in total. The number of aromatic nitrogens is 2. The van der Waals surface area contributed by atoms with Gasteiger partial charge in [0.25, 0.3) is 0 Å². The van der Waals surface area contributed by atoms with Crippen LogP contribution in [0.3, 0.4) is 0 Å². The minimum absolute atomic E-state index is 0.129. The molecule has 0 bridgehead atoms. The monoisotopic (exact) mass is 425 g/mol. The van der Waals surface area contributed by atoms with Crippen LogP contribution >= 0.6 is 11.6 Å². The van der Waals surface area contributed by atoms with E-state index in [0.717, 1.165) is 18.8 Å². The van der Waals surface area contributed by atoms with E-state index in [1.807, 2.05) is 17.8 Å². The molecule has 0 spiro atoms. The molecule has 1 aliphatic heterocycles. The predicted octanol–water partition coefficient (Wildman–Crippen LogP) is 1.93. The quantitative estimate of drug-likeness (QED) is 0.790. The number of anilines is 1. The molecule has 2 aromatic rings. The van der Waals surface area contributed by atoms with Crippen molar-refractivity contribution in [1.29, 1.82) is 0 Å². The van der Waals surface area contributed by atoms with Crippen molar-refractivity contribution in [3.63, 3.8) is 0 Å². The summed E-state index contributed by atoms with van der Waals surface area (Å²) in [6.07, 6.45) is 4.40. The lowest BCUT2D eigenvalue weighted by Gasteiger charge is -2.22. The van der Waals surface area contributed by atoms with E-state index in [9.17, 15) is 13.2 Å². The van der Waals surface area contributed by atoms with Crippen LogP contribution in [-0.4, -0.2) is 59.3 Å². The molecule has 2 heterocycles. The van der Waals surface area contributed by atoms with Gasteiger partial charge in [0.15, 0.2) is 0 Å². The van der Waals surface area contributed by atoms with Gasteiger partial charge in [-0.05, 0) is 31.2 Å². The van der Waals surface area contributed by atoms with E-state index in [4.69, 9.17) is 11.6 Å². The lowest BCUT2D eigenvalue weighted by Crippen LogP contribution is -2.35. The first kappa shape index (κ1) is 20.8. The maximum atomic E-state index is 13.0. The number of aryl methyl sites for hydroxylation is 1. The number of halogens is 1. The van der Waals surface area contributed by atoms with Crippen LogP contribution in [0.1, 0.15) is 19.2 Å². The minimum Gasteiger partial charge on any atom is -0.337 e. The molecule has 0 saturated carbocycles. The van der Waals surface area contributed by atoms with Gasteiger partial charge in [-0.3, -0.25) is 9.69 Å². The lowest BCUT2D eigenvalue weighted by atomic mass is 10.3. The zero-order valence-electron chi connectivity index (χ0n) is 15.9. The molecular formula is C18H24ClN5O3S. The summed E-state index contributed by atoms with van der Waals surface area (Å²) in [6.45, 7) is 4.34. The van der Waals surface area contributed by atoms with Crippen LogP contribution in [0.4, 0.5) is 5.69 Å². The molecule has 1 aromatic heterocycles. The summed E-state index contributed by atoms with van der Waals surface area (Å²) < 4.78 is 29.6. The van der Waals surface area contributed by atoms with Gasteiger partial charge in [-0.2, -0.15) is 4.31 Å². The molecule has 10 heteroatoms. The van der Waals surface area contributed by atoms with Crippen LogP contribution in [0, 0.1) is 0 Å². The van der Waals surface area contributed by atoms with Crippen LogP contribution < -0.4 is 5.32 Å². The molecule has 28 heavy (non-hydrogen) atoms. The Bertz CT molecular complexity index is 960. The first-order chi connectivity index (χ1) is 13.3. The Morgan fingerprint density at radius 2 is 2.04 bits per heavy atom. The second-order valence-corrected chi connectivity index (χ2v) is 9.16. The average molecular weight is 426 g/mol. The third kappa shape index (κ3) is 4.72. The SMILES string of the molecule is CC(=O)Nc1ccc(S(=O)(=O)N2CCCN(Cc3nccn3C)CC2)cc1Cl. The number of carbonyl (C=O) groups is 1. The lowest BCUT2D eigenvalue weighted by molar-refractivity contribution is -0.114. The van der Waals surface area contributed by atoms with Crippen molar-refractivity contribution in [1.82, 2.24) is 18.8 Å². The average Bonchev–Trinajstić information content (AvgIpc) is 2.89. The van der Waals surface area contributed by atoms with Crippen LogP contribution in [-0.2, 0) is 28.4 Å². The summed E-state index contributed by atoms with van der Waals surface area (Å²) in [4.78, 5) is 17.9. The third-order valence-electron chi connectivity index (χ3n) is 4.72. The van der Waals surface area contributed by atoms with Crippen LogP contribution in [0.25, 0.3) is 0 Å². The number of benzene rings is 1. The summed E-state index contributed by atoms with van der Waals surface area (Å²) in [5.74, 6) is 0.689. The Hall–Kier alpha value is -1.94. The number of sulfonamides is 1. The molecule has 1 N–H and O–H groups in total. The Kier molecular flexibility index (Phi) is 6.39. The highest BCUT2D eigenvalue weighted by atomic mass is 35.5. The maximum Gasteiger partial charge on any atom is 0.243 e. The third-order valence-corrected chi connectivity index (χ3v) is 6.93. The summed E-state index contributed by atoms with van der Waals surface area (Å²) in [7, 11) is -1.71. The van der Waals surface area contributed by atoms with E-state index in [-0.39, 0.29) is 15.8 Å². The van der Waals surface area contributed by atoms with E-state index < -0.39 is 10.0 Å². The topological polar surface area (TPSA) is 87.5 Å². The number of rotatable bonds is 5. The molecule has 1 aliphatic rings. The largest absolute Gasteiger partial charge is 0.337 e. The van der Waals surface area contributed by atoms with Crippen molar-refractivity contribution in [3.8, 4) is 0 Å². The normalized spacial score (nSPS) is 16.7. The summed E-state index contributed by atoms with van der Waals surface area (Å²) in [5.41, 5.74) is 0.394. The van der Waals surface area contributed by atoms with Gasteiger partial charge >= 0.3 is 0 Å². The number of amides is 1. The number of nitrogens with one attached hydrogen (secondary N) is 1. The molecule has 152 valence electrons. The molecule has 1 fully saturated rings. The van der Waals surface area contributed by atoms with Gasteiger partial charge in [-0.25, -0.2) is 13.4 Å². The van der Waals surface area contributed by atoms with Gasteiger partial charge < -0.3 is 9.88 Å². The highest BCUT2D eigenvalue weighted by molar-refractivity contribution is 7.89. The van der Waals surface area contributed by atoms with E-state index in [0.29, 0.717) is 31.9 Å². The molecule has 3 rings (SSSR count). The van der Waals surface area contributed by atoms with Gasteiger partial charge in [0.1, 0.15) is 5.82 Å². The van der Waals surface area contributed by atoms with Crippen molar-refractivity contribution in [2.45, 2.75) is 24.8 Å². The van der Waals surface area contributed by atoms with Crippen molar-refractivity contribution >= 4 is 33.2 Å². The van der Waals surface area contributed by atoms with E-state index in [1.54, 1.807) is 6.20 Å². The molecule has 1 saturated heterocycles. The summed E-state index contributed by atoms with van der Waals surface area (Å²) in [5, 5.41) is 2.78. The highest BCUT2D eigenvalue weighted by Gasteiger charge is 2.27. The van der Waals surface area contributed by atoms with Crippen molar-refractivity contribution < 1.29 is 13.2 Å². The Balaban J connectivity index is 1.71. The van der Waals surface area contributed by atoms with E-state index >= 15 is 0 Å². The first-order valence-corrected chi connectivity index (χ1v) is 10.8. The molecule has 0 radical (unpaired) electrons. The second-order valence-electron chi connectivity index (χ2n) is 6.81. The minimum atomic E-state index is -3.66. The van der Waals surface area contributed by atoms with Crippen molar-refractivity contribution in [2.75, 3.05) is 31.5 Å². The number of imidazole rings is 1. The number of carbonyl (C=O) groups excluding carboxylic acids is 1. The Morgan fingerprint density at radius 1 is 1.25 bits per heavy atom. The highest BCUT2D eigenvalue weighted by Crippen LogP contribution is 2.27. The fraction of sp³-hybridized carbons (Fsp3) is 0.444. The molecule has 0 aliphatic carbocycles. The van der Waals surface area contributed by atoms with Gasteiger partial charge in [-0.1, -0.05) is 11.6 Å². The zero-order valence-corrected chi connectivity index (χ0v) is 17.5. The van der Waals surface area contributed by atoms with Gasteiger partial charge in [0, 0.05) is 46.0 Å². The summed E-state index contributed by atoms with van der Waals surface area (Å²) >= 11 is 6.15. The predicted molar refractivity (Wildman–Crippen MR) is 108 cm³/mol. The molecule has 0 atom stereocenters. The Labute approximate surface area is 170 Å². The number of hydrogen-bond acceptors (Lipinski definition) is 5. The van der Waals surface area contributed by atoms with Crippen molar-refractivity contribution in [2.24, 2.45) is 7.05 Å². The van der Waals surface area contributed by atoms with E-state index in [2.05, 4.69) is 15.2 Å². The molecular weight excluding hydrogens is 402 g/mol. The van der Waals surface area contributed by atoms with Crippen LogP contribution in [0.2, 0.25) is 5.02 Å². The van der Waals surface area contributed by atoms with Gasteiger partial charge in [0.05, 0.1) is 22.2 Å². The van der Waals surface area contributed by atoms with E-state index in [1.165, 1.54) is 29.4 Å². The van der Waals surface area contributed by atoms with Gasteiger partial charge in [0.2, 0.25) is 15.9 Å². The van der Waals surface area contributed by atoms with Crippen molar-refractivity contribution in [3.05, 3.63) is 41.4 Å². The fourth-order valence-electron chi connectivity index (χ4n) is 3.19. The van der Waals surface area contributed by atoms with Crippen LogP contribution in [0.5, 0.6) is 0 Å². The molecule has 1 aromatic carbocycles.